The quantitative estimate of drug-likeness (QED) is 0.294. The lowest BCUT2D eigenvalue weighted by atomic mass is 10.1. The predicted molar refractivity (Wildman–Crippen MR) is 154 cm³/mol. The van der Waals surface area contributed by atoms with Gasteiger partial charge >= 0.3 is 0 Å². The molecule has 208 valence electrons. The summed E-state index contributed by atoms with van der Waals surface area (Å²) in [4.78, 5) is 28.4. The van der Waals surface area contributed by atoms with Crippen molar-refractivity contribution in [2.75, 3.05) is 17.4 Å². The lowest BCUT2D eigenvalue weighted by molar-refractivity contribution is -0.140. The molecule has 0 bridgehead atoms. The van der Waals surface area contributed by atoms with E-state index in [1.54, 1.807) is 55.5 Å². The number of rotatable bonds is 12. The number of halogens is 2. The minimum atomic E-state index is -4.14. The maximum atomic E-state index is 13.9. The molecule has 1 atom stereocenters. The first-order valence-electron chi connectivity index (χ1n) is 12.7. The van der Waals surface area contributed by atoms with Crippen molar-refractivity contribution in [1.29, 1.82) is 0 Å². The summed E-state index contributed by atoms with van der Waals surface area (Å²) in [6.07, 6.45) is 1.03. The van der Waals surface area contributed by atoms with Crippen molar-refractivity contribution in [2.45, 2.75) is 51.1 Å². The highest BCUT2D eigenvalue weighted by molar-refractivity contribution is 9.10. The third-order valence-electron chi connectivity index (χ3n) is 6.20. The Kier molecular flexibility index (Phi) is 10.7. The Balaban J connectivity index is 2.03. The van der Waals surface area contributed by atoms with Crippen LogP contribution < -0.4 is 9.62 Å². The number of hydrogen-bond acceptors (Lipinski definition) is 4. The Morgan fingerprint density at radius 2 is 1.56 bits per heavy atom. The van der Waals surface area contributed by atoms with Crippen LogP contribution in [0, 0.1) is 12.7 Å². The van der Waals surface area contributed by atoms with E-state index in [1.807, 2.05) is 13.8 Å². The fourth-order valence-corrected chi connectivity index (χ4v) is 5.72. The zero-order chi connectivity index (χ0) is 28.6. The molecule has 3 aromatic carbocycles. The lowest BCUT2D eigenvalue weighted by Gasteiger charge is -2.33. The van der Waals surface area contributed by atoms with Crippen LogP contribution in [0.5, 0.6) is 0 Å². The second kappa shape index (κ2) is 13.7. The summed E-state index contributed by atoms with van der Waals surface area (Å²) in [5.74, 6) is -1.31. The van der Waals surface area contributed by atoms with Gasteiger partial charge in [0.15, 0.2) is 0 Å². The highest BCUT2D eigenvalue weighted by atomic mass is 79.9. The summed E-state index contributed by atoms with van der Waals surface area (Å²) in [6, 6.07) is 17.8. The Labute approximate surface area is 238 Å². The van der Waals surface area contributed by atoms with Gasteiger partial charge in [0.25, 0.3) is 10.0 Å². The first-order valence-corrected chi connectivity index (χ1v) is 15.0. The molecule has 10 heteroatoms. The van der Waals surface area contributed by atoms with Crippen LogP contribution >= 0.6 is 15.9 Å². The zero-order valence-electron chi connectivity index (χ0n) is 22.2. The maximum Gasteiger partial charge on any atom is 0.264 e. The van der Waals surface area contributed by atoms with Gasteiger partial charge in [-0.2, -0.15) is 0 Å². The Hall–Kier alpha value is -3.24. The molecule has 0 aliphatic rings. The van der Waals surface area contributed by atoms with Crippen LogP contribution in [0.15, 0.2) is 82.2 Å². The van der Waals surface area contributed by atoms with Crippen LogP contribution in [-0.2, 0) is 26.2 Å². The molecule has 0 fully saturated rings. The number of sulfonamides is 1. The molecule has 0 radical (unpaired) electrons. The average molecular weight is 619 g/mol. The number of nitrogens with zero attached hydrogens (tertiary/aromatic N) is 2. The molecule has 0 aliphatic carbocycles. The number of carbonyl (C=O) groups is 2. The minimum absolute atomic E-state index is 0.00984. The number of benzene rings is 3. The van der Waals surface area contributed by atoms with Crippen molar-refractivity contribution >= 4 is 43.5 Å². The molecule has 0 saturated heterocycles. The van der Waals surface area contributed by atoms with Crippen molar-refractivity contribution in [3.8, 4) is 0 Å². The Morgan fingerprint density at radius 3 is 2.13 bits per heavy atom. The molecule has 3 aromatic rings. The molecule has 0 aliphatic heterocycles. The van der Waals surface area contributed by atoms with Gasteiger partial charge in [-0.15, -0.1) is 0 Å². The van der Waals surface area contributed by atoms with Gasteiger partial charge in [0, 0.05) is 17.6 Å². The van der Waals surface area contributed by atoms with E-state index in [2.05, 4.69) is 21.2 Å². The van der Waals surface area contributed by atoms with Gasteiger partial charge in [0.1, 0.15) is 18.4 Å². The molecule has 0 heterocycles. The maximum absolute atomic E-state index is 13.9. The summed E-state index contributed by atoms with van der Waals surface area (Å²) in [5.41, 5.74) is 1.81. The molecule has 0 spiro atoms. The molecule has 0 aromatic heterocycles. The topological polar surface area (TPSA) is 86.8 Å². The van der Waals surface area contributed by atoms with Crippen molar-refractivity contribution in [3.05, 3.63) is 94.2 Å². The van der Waals surface area contributed by atoms with Crippen molar-refractivity contribution in [1.82, 2.24) is 10.2 Å². The van der Waals surface area contributed by atoms with Crippen molar-refractivity contribution in [3.63, 3.8) is 0 Å². The van der Waals surface area contributed by atoms with Crippen LogP contribution in [-0.4, -0.2) is 44.3 Å². The number of anilines is 1. The summed E-state index contributed by atoms with van der Waals surface area (Å²) in [6.45, 7) is 5.49. The van der Waals surface area contributed by atoms with E-state index in [4.69, 9.17) is 0 Å². The molecule has 1 N–H and O–H groups in total. The van der Waals surface area contributed by atoms with E-state index < -0.39 is 34.3 Å². The van der Waals surface area contributed by atoms with Crippen LogP contribution in [0.3, 0.4) is 0 Å². The molecular formula is C29H33BrFN3O4S. The van der Waals surface area contributed by atoms with Gasteiger partial charge < -0.3 is 10.2 Å². The van der Waals surface area contributed by atoms with Crippen LogP contribution in [0.2, 0.25) is 0 Å². The van der Waals surface area contributed by atoms with Crippen molar-refractivity contribution in [2.24, 2.45) is 0 Å². The third-order valence-corrected chi connectivity index (χ3v) is 8.52. The second-order valence-corrected chi connectivity index (χ2v) is 11.9. The summed E-state index contributed by atoms with van der Waals surface area (Å²) >= 11 is 3.36. The van der Waals surface area contributed by atoms with E-state index in [9.17, 15) is 22.4 Å². The summed E-state index contributed by atoms with van der Waals surface area (Å²) in [7, 11) is -4.14. The molecular weight excluding hydrogens is 585 g/mol. The standard InChI is InChI=1S/C29H33BrFN3O4S/c1-4-18-32-29(36)27(5-2)33(19-22-8-12-24(31)13-9-22)28(35)20-34(25-14-10-23(30)11-15-25)39(37,38)26-16-6-21(3)7-17-26/h6-17,27H,4-5,18-20H2,1-3H3,(H,32,36)/t27-/m0/s1. The number of aryl methyl sites for hydroxylation is 1. The van der Waals surface area contributed by atoms with E-state index in [-0.39, 0.29) is 17.3 Å². The van der Waals surface area contributed by atoms with Gasteiger partial charge in [-0.3, -0.25) is 13.9 Å². The van der Waals surface area contributed by atoms with E-state index in [0.29, 0.717) is 24.2 Å². The van der Waals surface area contributed by atoms with E-state index >= 15 is 0 Å². The fourth-order valence-electron chi connectivity index (χ4n) is 4.05. The Bertz CT molecular complexity index is 1370. The highest BCUT2D eigenvalue weighted by Crippen LogP contribution is 2.26. The van der Waals surface area contributed by atoms with E-state index in [0.717, 1.165) is 20.8 Å². The van der Waals surface area contributed by atoms with Gasteiger partial charge in [-0.1, -0.05) is 59.6 Å². The van der Waals surface area contributed by atoms with Crippen LogP contribution in [0.1, 0.15) is 37.8 Å². The Morgan fingerprint density at radius 1 is 0.949 bits per heavy atom. The van der Waals surface area contributed by atoms with Gasteiger partial charge in [-0.25, -0.2) is 12.8 Å². The second-order valence-electron chi connectivity index (χ2n) is 9.16. The van der Waals surface area contributed by atoms with Crippen molar-refractivity contribution < 1.29 is 22.4 Å². The normalized spacial score (nSPS) is 12.0. The fraction of sp³-hybridized carbons (Fsp3) is 0.310. The lowest BCUT2D eigenvalue weighted by Crippen LogP contribution is -2.52. The molecule has 0 saturated carbocycles. The van der Waals surface area contributed by atoms with Gasteiger partial charge in [0.05, 0.1) is 10.6 Å². The molecule has 0 unspecified atom stereocenters. The first kappa shape index (κ1) is 30.3. The minimum Gasteiger partial charge on any atom is -0.354 e. The monoisotopic (exact) mass is 617 g/mol. The summed E-state index contributed by atoms with van der Waals surface area (Å²) in [5, 5.41) is 2.84. The number of amides is 2. The van der Waals surface area contributed by atoms with Crippen LogP contribution in [0.4, 0.5) is 10.1 Å². The average Bonchev–Trinajstić information content (AvgIpc) is 2.92. The van der Waals surface area contributed by atoms with Gasteiger partial charge in [-0.05, 0) is 73.9 Å². The molecule has 3 rings (SSSR count). The van der Waals surface area contributed by atoms with E-state index in [1.165, 1.54) is 29.2 Å². The number of nitrogens with one attached hydrogen (secondary N) is 1. The molecule has 2 amide bonds. The largest absolute Gasteiger partial charge is 0.354 e. The highest BCUT2D eigenvalue weighted by Gasteiger charge is 2.33. The predicted octanol–water partition coefficient (Wildman–Crippen LogP) is 5.43. The molecule has 39 heavy (non-hydrogen) atoms. The third kappa shape index (κ3) is 7.89. The summed E-state index contributed by atoms with van der Waals surface area (Å²) < 4.78 is 43.0. The first-order chi connectivity index (χ1) is 18.6. The number of carbonyl (C=O) groups excluding carboxylic acids is 2. The van der Waals surface area contributed by atoms with Crippen LogP contribution in [0.25, 0.3) is 0 Å². The van der Waals surface area contributed by atoms with Gasteiger partial charge in [0.2, 0.25) is 11.8 Å². The SMILES string of the molecule is CCCNC(=O)[C@H](CC)N(Cc1ccc(F)cc1)C(=O)CN(c1ccc(Br)cc1)S(=O)(=O)c1ccc(C)cc1. The zero-order valence-corrected chi connectivity index (χ0v) is 24.6. The smallest absolute Gasteiger partial charge is 0.264 e. The number of hydrogen-bond donors (Lipinski definition) is 1. The molecule has 7 nitrogen and oxygen atoms in total.